The molecular weight excluding hydrogens is 484 g/mol. The minimum absolute atomic E-state index is 0.302. The van der Waals surface area contributed by atoms with Gasteiger partial charge in [-0.2, -0.15) is 0 Å². The first-order valence-electron chi connectivity index (χ1n) is 16.7. The van der Waals surface area contributed by atoms with Crippen LogP contribution in [-0.4, -0.2) is 98.9 Å². The molecule has 0 bridgehead atoms. The summed E-state index contributed by atoms with van der Waals surface area (Å²) in [5.74, 6) is 0.603. The Labute approximate surface area is 244 Å². The number of nitrogens with zero attached hydrogens (tertiary/aromatic N) is 4. The zero-order valence-electron chi connectivity index (χ0n) is 27.3. The predicted octanol–water partition coefficient (Wildman–Crippen LogP) is 7.22. The van der Waals surface area contributed by atoms with E-state index in [-0.39, 0.29) is 0 Å². The number of rotatable bonds is 28. The molecule has 0 saturated heterocycles. The zero-order chi connectivity index (χ0) is 29.1. The van der Waals surface area contributed by atoms with Crippen LogP contribution in [0.15, 0.2) is 0 Å². The van der Waals surface area contributed by atoms with Crippen LogP contribution in [0.5, 0.6) is 0 Å². The van der Waals surface area contributed by atoms with Gasteiger partial charge in [-0.05, 0) is 73.4 Å². The molecule has 39 heavy (non-hydrogen) atoms. The molecule has 0 aromatic heterocycles. The lowest BCUT2D eigenvalue weighted by Gasteiger charge is -2.27. The van der Waals surface area contributed by atoms with E-state index in [0.717, 1.165) is 84.2 Å². The molecule has 0 fully saturated rings. The molecule has 0 aliphatic carbocycles. The van der Waals surface area contributed by atoms with Gasteiger partial charge in [-0.1, -0.05) is 90.9 Å². The monoisotopic (exact) mass is 553 g/mol. The third kappa shape index (κ3) is 24.4. The summed E-state index contributed by atoms with van der Waals surface area (Å²) in [5, 5.41) is 0. The molecular formula is C33H68N4O2. The van der Waals surface area contributed by atoms with E-state index in [1.54, 1.807) is 0 Å². The maximum atomic E-state index is 13.1. The van der Waals surface area contributed by atoms with Crippen LogP contribution in [0.3, 0.4) is 0 Å². The first-order valence-corrected chi connectivity index (χ1v) is 16.7. The van der Waals surface area contributed by atoms with Gasteiger partial charge in [0.05, 0.1) is 0 Å². The van der Waals surface area contributed by atoms with Gasteiger partial charge in [-0.15, -0.1) is 0 Å². The van der Waals surface area contributed by atoms with Gasteiger partial charge in [0.2, 0.25) is 11.8 Å². The van der Waals surface area contributed by atoms with Crippen molar-refractivity contribution in [2.24, 2.45) is 0 Å². The molecule has 0 radical (unpaired) electrons. The Balaban J connectivity index is 4.72. The average Bonchev–Trinajstić information content (AvgIpc) is 2.89. The smallest absolute Gasteiger partial charge is 0.222 e. The normalized spacial score (nSPS) is 11.5. The molecule has 0 atom stereocenters. The fourth-order valence-corrected chi connectivity index (χ4v) is 5.11. The summed E-state index contributed by atoms with van der Waals surface area (Å²) in [4.78, 5) is 34.8. The molecule has 0 aromatic carbocycles. The summed E-state index contributed by atoms with van der Waals surface area (Å²) in [6.07, 6.45) is 21.5. The summed E-state index contributed by atoms with van der Waals surface area (Å²) < 4.78 is 0. The minimum Gasteiger partial charge on any atom is -0.343 e. The van der Waals surface area contributed by atoms with Gasteiger partial charge >= 0.3 is 0 Å². The van der Waals surface area contributed by atoms with E-state index in [2.05, 4.69) is 61.6 Å². The largest absolute Gasteiger partial charge is 0.343 e. The standard InChI is InChI=1S/C33H68N4O2/c1-7-9-11-13-15-17-19-24-32(38)36(28-21-26-34(3)4)30-23-31-37(29-22-27-35(5)6)33(39)25-20-18-16-14-12-10-8-2/h7-31H2,1-6H3. The van der Waals surface area contributed by atoms with Crippen molar-refractivity contribution in [1.29, 1.82) is 0 Å². The molecule has 232 valence electrons. The van der Waals surface area contributed by atoms with Crippen molar-refractivity contribution in [2.75, 3.05) is 67.5 Å². The Kier molecular flexibility index (Phi) is 26.3. The van der Waals surface area contributed by atoms with Gasteiger partial charge in [-0.25, -0.2) is 0 Å². The quantitative estimate of drug-likeness (QED) is 0.0962. The lowest BCUT2D eigenvalue weighted by molar-refractivity contribution is -0.132. The summed E-state index contributed by atoms with van der Waals surface area (Å²) in [6.45, 7) is 9.65. The first kappa shape index (κ1) is 37.9. The summed E-state index contributed by atoms with van der Waals surface area (Å²) >= 11 is 0. The lowest BCUT2D eigenvalue weighted by atomic mass is 10.1. The van der Waals surface area contributed by atoms with Gasteiger partial charge in [0.1, 0.15) is 0 Å². The molecule has 0 rings (SSSR count). The van der Waals surface area contributed by atoms with Crippen molar-refractivity contribution in [2.45, 2.75) is 136 Å². The van der Waals surface area contributed by atoms with Crippen LogP contribution in [0.4, 0.5) is 0 Å². The van der Waals surface area contributed by atoms with E-state index >= 15 is 0 Å². The summed E-state index contributed by atoms with van der Waals surface area (Å²) in [6, 6.07) is 0. The topological polar surface area (TPSA) is 47.1 Å². The van der Waals surface area contributed by atoms with E-state index in [4.69, 9.17) is 0 Å². The predicted molar refractivity (Wildman–Crippen MR) is 169 cm³/mol. The zero-order valence-corrected chi connectivity index (χ0v) is 27.3. The number of unbranched alkanes of at least 4 members (excludes halogenated alkanes) is 12. The van der Waals surface area contributed by atoms with Gasteiger partial charge in [0.15, 0.2) is 0 Å². The summed E-state index contributed by atoms with van der Waals surface area (Å²) in [7, 11) is 8.36. The van der Waals surface area contributed by atoms with E-state index in [1.165, 1.54) is 64.2 Å². The highest BCUT2D eigenvalue weighted by Gasteiger charge is 2.16. The van der Waals surface area contributed by atoms with E-state index in [9.17, 15) is 9.59 Å². The second-order valence-corrected chi connectivity index (χ2v) is 12.2. The number of carbonyl (C=O) groups excluding carboxylic acids is 2. The Morgan fingerprint density at radius 2 is 0.667 bits per heavy atom. The molecule has 2 amide bonds. The van der Waals surface area contributed by atoms with Crippen LogP contribution in [0, 0.1) is 0 Å². The number of hydrogen-bond donors (Lipinski definition) is 0. The molecule has 0 saturated carbocycles. The van der Waals surface area contributed by atoms with Gasteiger partial charge in [0, 0.05) is 39.0 Å². The minimum atomic E-state index is 0.302. The second-order valence-electron chi connectivity index (χ2n) is 12.2. The highest BCUT2D eigenvalue weighted by molar-refractivity contribution is 5.76. The molecule has 6 heteroatoms. The van der Waals surface area contributed by atoms with Crippen LogP contribution >= 0.6 is 0 Å². The third-order valence-electron chi connectivity index (χ3n) is 7.62. The van der Waals surface area contributed by atoms with Crippen molar-refractivity contribution < 1.29 is 9.59 Å². The fourth-order valence-electron chi connectivity index (χ4n) is 5.11. The Bertz CT molecular complexity index is 520. The SMILES string of the molecule is CCCCCCCCCC(=O)N(CCCN(C)C)CCCN(CCCN(C)C)C(=O)CCCCCCCCC. The third-order valence-corrected chi connectivity index (χ3v) is 7.62. The van der Waals surface area contributed by atoms with Crippen LogP contribution < -0.4 is 0 Å². The number of amides is 2. The van der Waals surface area contributed by atoms with Gasteiger partial charge < -0.3 is 19.6 Å². The maximum absolute atomic E-state index is 13.1. The average molecular weight is 553 g/mol. The molecule has 0 aliphatic heterocycles. The summed E-state index contributed by atoms with van der Waals surface area (Å²) in [5.41, 5.74) is 0. The van der Waals surface area contributed by atoms with Crippen LogP contribution in [0.2, 0.25) is 0 Å². The molecule has 0 heterocycles. The molecule has 0 unspecified atom stereocenters. The van der Waals surface area contributed by atoms with Crippen LogP contribution in [0.25, 0.3) is 0 Å². The number of carbonyl (C=O) groups is 2. The van der Waals surface area contributed by atoms with Crippen LogP contribution in [-0.2, 0) is 9.59 Å². The highest BCUT2D eigenvalue weighted by atomic mass is 16.2. The maximum Gasteiger partial charge on any atom is 0.222 e. The van der Waals surface area contributed by atoms with E-state index in [1.807, 2.05) is 0 Å². The van der Waals surface area contributed by atoms with Crippen molar-refractivity contribution in [3.05, 3.63) is 0 Å². The Morgan fingerprint density at radius 1 is 0.385 bits per heavy atom. The lowest BCUT2D eigenvalue weighted by Crippen LogP contribution is -2.38. The molecule has 0 aliphatic rings. The molecule has 0 N–H and O–H groups in total. The van der Waals surface area contributed by atoms with E-state index < -0.39 is 0 Å². The van der Waals surface area contributed by atoms with Crippen molar-refractivity contribution in [3.8, 4) is 0 Å². The second kappa shape index (κ2) is 27.1. The number of hydrogen-bond acceptors (Lipinski definition) is 4. The molecule has 0 aromatic rings. The van der Waals surface area contributed by atoms with Gasteiger partial charge in [-0.3, -0.25) is 9.59 Å². The molecule has 0 spiro atoms. The Morgan fingerprint density at radius 3 is 0.974 bits per heavy atom. The first-order chi connectivity index (χ1) is 18.8. The van der Waals surface area contributed by atoms with Gasteiger partial charge in [0.25, 0.3) is 0 Å². The van der Waals surface area contributed by atoms with Crippen molar-refractivity contribution >= 4 is 11.8 Å². The van der Waals surface area contributed by atoms with Crippen LogP contribution in [0.1, 0.15) is 136 Å². The highest BCUT2D eigenvalue weighted by Crippen LogP contribution is 2.12. The van der Waals surface area contributed by atoms with E-state index in [0.29, 0.717) is 24.7 Å². The van der Waals surface area contributed by atoms with Crippen molar-refractivity contribution in [1.82, 2.24) is 19.6 Å². The molecule has 6 nitrogen and oxygen atoms in total. The van der Waals surface area contributed by atoms with Crippen molar-refractivity contribution in [3.63, 3.8) is 0 Å². The fraction of sp³-hybridized carbons (Fsp3) is 0.939. The Hall–Kier alpha value is -1.14.